The van der Waals surface area contributed by atoms with Gasteiger partial charge in [0.05, 0.1) is 23.7 Å². The molecule has 1 heterocycles. The Morgan fingerprint density at radius 1 is 1.14 bits per heavy atom. The van der Waals surface area contributed by atoms with Crippen LogP contribution in [0.1, 0.15) is 29.9 Å². The fraction of sp³-hybridized carbons (Fsp3) is 0.300. The summed E-state index contributed by atoms with van der Waals surface area (Å²) in [5, 5.41) is 20.9. The fourth-order valence-corrected chi connectivity index (χ4v) is 2.94. The third-order valence-corrected chi connectivity index (χ3v) is 4.28. The molecule has 0 saturated carbocycles. The maximum absolute atomic E-state index is 12.5. The van der Waals surface area contributed by atoms with E-state index in [1.807, 2.05) is 32.0 Å². The average Bonchev–Trinajstić information content (AvgIpc) is 3.13. The minimum Gasteiger partial charge on any atom is -0.490 e. The molecule has 3 aromatic rings. The van der Waals surface area contributed by atoms with Gasteiger partial charge in [0.25, 0.3) is 11.6 Å². The van der Waals surface area contributed by atoms with Gasteiger partial charge in [0, 0.05) is 24.1 Å². The molecule has 1 aromatic heterocycles. The third kappa shape index (κ3) is 4.63. The second kappa shape index (κ2) is 9.05. The van der Waals surface area contributed by atoms with Crippen molar-refractivity contribution in [3.05, 3.63) is 57.8 Å². The van der Waals surface area contributed by atoms with E-state index in [4.69, 9.17) is 9.47 Å². The molecule has 1 amide bonds. The van der Waals surface area contributed by atoms with Crippen LogP contribution in [-0.4, -0.2) is 40.8 Å². The Morgan fingerprint density at radius 2 is 1.90 bits per heavy atom. The zero-order valence-electron chi connectivity index (χ0n) is 16.2. The van der Waals surface area contributed by atoms with E-state index in [0.717, 1.165) is 5.56 Å². The van der Waals surface area contributed by atoms with Crippen molar-refractivity contribution in [3.63, 3.8) is 0 Å². The summed E-state index contributed by atoms with van der Waals surface area (Å²) >= 11 is 0. The highest BCUT2D eigenvalue weighted by atomic mass is 16.6. The maximum atomic E-state index is 12.5. The standard InChI is InChI=1S/C20H22N4O5/c1-3-28-17-8-5-13(11-18(17)29-4-2)9-10-21-20(25)19-15-12-14(24(26)27)6-7-16(15)22-23-19/h5-8,11-12H,3-4,9-10H2,1-2H3,(H,21,25)(H,22,23). The number of nitrogens with one attached hydrogen (secondary N) is 2. The molecule has 0 radical (unpaired) electrons. The summed E-state index contributed by atoms with van der Waals surface area (Å²) in [4.78, 5) is 23.0. The lowest BCUT2D eigenvalue weighted by atomic mass is 10.1. The number of amides is 1. The van der Waals surface area contributed by atoms with Gasteiger partial charge < -0.3 is 14.8 Å². The molecule has 3 rings (SSSR count). The molecule has 2 aromatic carbocycles. The molecule has 2 N–H and O–H groups in total. The molecule has 29 heavy (non-hydrogen) atoms. The molecule has 0 aliphatic heterocycles. The number of hydrogen-bond donors (Lipinski definition) is 2. The van der Waals surface area contributed by atoms with Gasteiger partial charge in [-0.05, 0) is 44.0 Å². The van der Waals surface area contributed by atoms with Gasteiger partial charge in [0.15, 0.2) is 17.2 Å². The summed E-state index contributed by atoms with van der Waals surface area (Å²) in [6, 6.07) is 9.91. The second-order valence-corrected chi connectivity index (χ2v) is 6.21. The summed E-state index contributed by atoms with van der Waals surface area (Å²) in [5.74, 6) is 0.961. The summed E-state index contributed by atoms with van der Waals surface area (Å²) in [7, 11) is 0. The quantitative estimate of drug-likeness (QED) is 0.422. The Bertz CT molecular complexity index is 1030. The number of nitrogens with zero attached hydrogens (tertiary/aromatic N) is 2. The number of benzene rings is 2. The van der Waals surface area contributed by atoms with E-state index in [-0.39, 0.29) is 11.4 Å². The van der Waals surface area contributed by atoms with Crippen molar-refractivity contribution < 1.29 is 19.2 Å². The van der Waals surface area contributed by atoms with Crippen LogP contribution >= 0.6 is 0 Å². The van der Waals surface area contributed by atoms with Gasteiger partial charge in [0.1, 0.15) is 0 Å². The first kappa shape index (κ1) is 20.1. The minimum absolute atomic E-state index is 0.0919. The maximum Gasteiger partial charge on any atom is 0.272 e. The van der Waals surface area contributed by atoms with Crippen molar-refractivity contribution in [3.8, 4) is 11.5 Å². The predicted molar refractivity (Wildman–Crippen MR) is 108 cm³/mol. The zero-order valence-corrected chi connectivity index (χ0v) is 16.2. The number of carbonyl (C=O) groups is 1. The van der Waals surface area contributed by atoms with Crippen molar-refractivity contribution in [2.75, 3.05) is 19.8 Å². The highest BCUT2D eigenvalue weighted by molar-refractivity contribution is 6.05. The van der Waals surface area contributed by atoms with Crippen LogP contribution in [0.5, 0.6) is 11.5 Å². The first-order valence-electron chi connectivity index (χ1n) is 9.32. The highest BCUT2D eigenvalue weighted by Crippen LogP contribution is 2.28. The molecule has 0 saturated heterocycles. The van der Waals surface area contributed by atoms with Gasteiger partial charge >= 0.3 is 0 Å². The van der Waals surface area contributed by atoms with Crippen LogP contribution in [0.15, 0.2) is 36.4 Å². The monoisotopic (exact) mass is 398 g/mol. The number of nitro benzene ring substituents is 1. The lowest BCUT2D eigenvalue weighted by molar-refractivity contribution is -0.384. The number of aromatic amines is 1. The fourth-order valence-electron chi connectivity index (χ4n) is 2.94. The second-order valence-electron chi connectivity index (χ2n) is 6.21. The number of rotatable bonds is 9. The Kier molecular flexibility index (Phi) is 6.28. The van der Waals surface area contributed by atoms with Gasteiger partial charge in [-0.1, -0.05) is 6.07 Å². The normalized spacial score (nSPS) is 10.7. The number of nitro groups is 1. The molecule has 152 valence electrons. The number of aromatic nitrogens is 2. The smallest absolute Gasteiger partial charge is 0.272 e. The highest BCUT2D eigenvalue weighted by Gasteiger charge is 2.17. The molecule has 9 heteroatoms. The summed E-state index contributed by atoms with van der Waals surface area (Å²) in [5.41, 5.74) is 1.59. The van der Waals surface area contributed by atoms with Crippen molar-refractivity contribution in [2.45, 2.75) is 20.3 Å². The van der Waals surface area contributed by atoms with Crippen LogP contribution in [0.3, 0.4) is 0 Å². The van der Waals surface area contributed by atoms with E-state index in [1.165, 1.54) is 18.2 Å². The van der Waals surface area contributed by atoms with E-state index in [2.05, 4.69) is 15.5 Å². The van der Waals surface area contributed by atoms with Crippen molar-refractivity contribution in [1.29, 1.82) is 0 Å². The van der Waals surface area contributed by atoms with Crippen molar-refractivity contribution in [1.82, 2.24) is 15.5 Å². The molecule has 0 spiro atoms. The summed E-state index contributed by atoms with van der Waals surface area (Å²) in [6.45, 7) is 5.26. The molecular formula is C20H22N4O5. The minimum atomic E-state index is -0.504. The van der Waals surface area contributed by atoms with E-state index >= 15 is 0 Å². The Hall–Kier alpha value is -3.62. The van der Waals surface area contributed by atoms with Crippen LogP contribution < -0.4 is 14.8 Å². The van der Waals surface area contributed by atoms with E-state index < -0.39 is 10.8 Å². The van der Waals surface area contributed by atoms with E-state index in [0.29, 0.717) is 48.6 Å². The molecule has 9 nitrogen and oxygen atoms in total. The molecule has 0 atom stereocenters. The summed E-state index contributed by atoms with van der Waals surface area (Å²) < 4.78 is 11.2. The average molecular weight is 398 g/mol. The molecule has 0 aliphatic carbocycles. The topological polar surface area (TPSA) is 119 Å². The van der Waals surface area contributed by atoms with Gasteiger partial charge in [-0.15, -0.1) is 0 Å². The van der Waals surface area contributed by atoms with Crippen molar-refractivity contribution in [2.24, 2.45) is 0 Å². The van der Waals surface area contributed by atoms with Crippen LogP contribution in [0.2, 0.25) is 0 Å². The molecule has 0 bridgehead atoms. The zero-order chi connectivity index (χ0) is 20.8. The van der Waals surface area contributed by atoms with E-state index in [1.54, 1.807) is 0 Å². The SMILES string of the molecule is CCOc1ccc(CCNC(=O)c2n[nH]c3ccc([N+](=O)[O-])cc23)cc1OCC. The molecular weight excluding hydrogens is 376 g/mol. The molecule has 0 unspecified atom stereocenters. The molecule has 0 fully saturated rings. The number of H-pyrrole nitrogens is 1. The van der Waals surface area contributed by atoms with Gasteiger partial charge in [-0.2, -0.15) is 5.10 Å². The number of carbonyl (C=O) groups excluding carboxylic acids is 1. The lowest BCUT2D eigenvalue weighted by Crippen LogP contribution is -2.26. The van der Waals surface area contributed by atoms with Crippen LogP contribution in [0.4, 0.5) is 5.69 Å². The Labute approximate surface area is 167 Å². The summed E-state index contributed by atoms with van der Waals surface area (Å²) in [6.07, 6.45) is 0.584. The number of fused-ring (bicyclic) bond motifs is 1. The lowest BCUT2D eigenvalue weighted by Gasteiger charge is -2.12. The van der Waals surface area contributed by atoms with Gasteiger partial charge in [-0.3, -0.25) is 20.0 Å². The largest absolute Gasteiger partial charge is 0.490 e. The first-order chi connectivity index (χ1) is 14.0. The van der Waals surface area contributed by atoms with Gasteiger partial charge in [-0.25, -0.2) is 0 Å². The van der Waals surface area contributed by atoms with Crippen LogP contribution in [0.25, 0.3) is 10.9 Å². The molecule has 0 aliphatic rings. The van der Waals surface area contributed by atoms with Crippen LogP contribution in [0, 0.1) is 10.1 Å². The third-order valence-electron chi connectivity index (χ3n) is 4.28. The number of hydrogen-bond acceptors (Lipinski definition) is 6. The first-order valence-corrected chi connectivity index (χ1v) is 9.32. The predicted octanol–water partition coefficient (Wildman–Crippen LogP) is 3.24. The number of non-ortho nitro benzene ring substituents is 1. The van der Waals surface area contributed by atoms with Gasteiger partial charge in [0.2, 0.25) is 0 Å². The number of ether oxygens (including phenoxy) is 2. The Balaban J connectivity index is 1.67. The van der Waals surface area contributed by atoms with E-state index in [9.17, 15) is 14.9 Å². The Morgan fingerprint density at radius 3 is 2.62 bits per heavy atom. The van der Waals surface area contributed by atoms with Crippen molar-refractivity contribution >= 4 is 22.5 Å². The van der Waals surface area contributed by atoms with Crippen LogP contribution in [-0.2, 0) is 6.42 Å².